The van der Waals surface area contributed by atoms with Crippen LogP contribution in [0.4, 0.5) is 0 Å². The van der Waals surface area contributed by atoms with Crippen molar-refractivity contribution in [3.63, 3.8) is 0 Å². The monoisotopic (exact) mass is 492 g/mol. The molecule has 1 N–H and O–H groups in total. The van der Waals surface area contributed by atoms with Crippen LogP contribution in [0.25, 0.3) is 0 Å². The van der Waals surface area contributed by atoms with E-state index in [9.17, 15) is 8.42 Å². The molecular weight excluding hydrogens is 464 g/mol. The Labute approximate surface area is 161 Å². The third-order valence-electron chi connectivity index (χ3n) is 2.73. The van der Waals surface area contributed by atoms with Crippen LogP contribution >= 0.6 is 0 Å². The van der Waals surface area contributed by atoms with Crippen LogP contribution in [-0.2, 0) is 42.3 Å². The van der Waals surface area contributed by atoms with Gasteiger partial charge in [-0.05, 0) is 6.42 Å². The van der Waals surface area contributed by atoms with Crippen molar-refractivity contribution in [2.75, 3.05) is 6.61 Å². The average molecular weight is 491 g/mol. The van der Waals surface area contributed by atoms with Crippen molar-refractivity contribution in [3.8, 4) is 0 Å². The molecule has 0 aromatic rings. The van der Waals surface area contributed by atoms with Crippen molar-refractivity contribution in [1.82, 2.24) is 0 Å². The fraction of sp³-hybridized carbons (Fsp3) is 1.00. The van der Waals surface area contributed by atoms with Crippen molar-refractivity contribution in [2.45, 2.75) is 71.1 Å². The molecule has 0 aliphatic heterocycles. The first kappa shape index (κ1) is 25.7. The van der Waals surface area contributed by atoms with Gasteiger partial charge in [-0.25, -0.2) is 4.18 Å². The molecule has 0 saturated heterocycles. The summed E-state index contributed by atoms with van der Waals surface area (Å²) in [6.45, 7) is 2.31. The third-order valence-corrected chi connectivity index (χ3v) is 3.19. The van der Waals surface area contributed by atoms with Gasteiger partial charge in [0.15, 0.2) is 0 Å². The van der Waals surface area contributed by atoms with Crippen LogP contribution in [-0.4, -0.2) is 49.1 Å². The predicted molar refractivity (Wildman–Crippen MR) is 76.5 cm³/mol. The van der Waals surface area contributed by atoms with Crippen LogP contribution < -0.4 is 0 Å². The van der Waals surface area contributed by atoms with Crippen molar-refractivity contribution in [1.29, 1.82) is 0 Å². The summed E-state index contributed by atoms with van der Waals surface area (Å²) in [6.07, 6.45) is 11.9. The molecule has 7 heteroatoms. The zero-order valence-corrected chi connectivity index (χ0v) is 17.9. The minimum atomic E-state index is -4.23. The van der Waals surface area contributed by atoms with Gasteiger partial charge in [-0.3, -0.25) is 4.55 Å². The van der Waals surface area contributed by atoms with Crippen LogP contribution in [0.2, 0.25) is 0 Å². The summed E-state index contributed by atoms with van der Waals surface area (Å²) in [5.74, 6) is 0. The second kappa shape index (κ2) is 17.9. The standard InChI is InChI=1S/C12H26O4S.Hg.Na.H/c1-2-3-4-5-6-7-8-9-10-11-12-16-17(13,14)15;;;/h2-12H2,1H3,(H,13,14,15);;;. The second-order valence-corrected chi connectivity index (χ2v) is 5.52. The van der Waals surface area contributed by atoms with Gasteiger partial charge in [0.05, 0.1) is 6.61 Å². The Bertz CT molecular complexity index is 260. The van der Waals surface area contributed by atoms with Gasteiger partial charge in [0.1, 0.15) is 0 Å². The fourth-order valence-electron chi connectivity index (χ4n) is 1.75. The summed E-state index contributed by atoms with van der Waals surface area (Å²) in [4.78, 5) is 0. The maximum atomic E-state index is 10.2. The quantitative estimate of drug-likeness (QED) is 0.259. The Balaban J connectivity index is -0.00000128. The molecule has 19 heavy (non-hydrogen) atoms. The average Bonchev–Trinajstić information content (AvgIpc) is 2.24. The Hall–Kier alpha value is 1.81. The first-order valence-corrected chi connectivity index (χ1v) is 8.04. The molecule has 0 radical (unpaired) electrons. The van der Waals surface area contributed by atoms with Gasteiger partial charge >= 0.3 is 40.0 Å². The van der Waals surface area contributed by atoms with Crippen molar-refractivity contribution < 1.29 is 44.8 Å². The second-order valence-electron chi connectivity index (χ2n) is 4.43. The number of unbranched alkanes of at least 4 members (excludes halogenated alkanes) is 9. The van der Waals surface area contributed by atoms with Gasteiger partial charge in [-0.15, -0.1) is 0 Å². The third kappa shape index (κ3) is 25.1. The van der Waals surface area contributed by atoms with Crippen LogP contribution in [0.1, 0.15) is 71.1 Å². The van der Waals surface area contributed by atoms with E-state index < -0.39 is 10.4 Å². The molecule has 4 nitrogen and oxygen atoms in total. The van der Waals surface area contributed by atoms with E-state index in [1.54, 1.807) is 0 Å². The molecule has 108 valence electrons. The van der Waals surface area contributed by atoms with E-state index in [1.165, 1.54) is 44.9 Å². The van der Waals surface area contributed by atoms with Crippen molar-refractivity contribution in [2.24, 2.45) is 0 Å². The van der Waals surface area contributed by atoms with E-state index in [4.69, 9.17) is 4.55 Å². The molecule has 0 unspecified atom stereocenters. The van der Waals surface area contributed by atoms with Crippen LogP contribution in [0.15, 0.2) is 0 Å². The molecule has 0 heterocycles. The summed E-state index contributed by atoms with van der Waals surface area (Å²) < 4.78 is 33.0. The Morgan fingerprint density at radius 1 is 0.842 bits per heavy atom. The summed E-state index contributed by atoms with van der Waals surface area (Å²) in [6, 6.07) is 0. The van der Waals surface area contributed by atoms with E-state index in [0.717, 1.165) is 12.8 Å². The molecule has 0 bridgehead atoms. The van der Waals surface area contributed by atoms with Gasteiger partial charge in [0.25, 0.3) is 0 Å². The molecule has 0 amide bonds. The maximum absolute atomic E-state index is 10.2. The van der Waals surface area contributed by atoms with Gasteiger partial charge in [0, 0.05) is 27.7 Å². The normalized spacial score (nSPS) is 10.6. The molecule has 0 aromatic carbocycles. The minimum absolute atomic E-state index is 0. The molecule has 0 spiro atoms. The summed E-state index contributed by atoms with van der Waals surface area (Å²) >= 11 is 0. The molecule has 0 saturated carbocycles. The number of hydrogen-bond donors (Lipinski definition) is 1. The zero-order valence-electron chi connectivity index (χ0n) is 11.6. The Kier molecular flexibility index (Phi) is 24.2. The topological polar surface area (TPSA) is 63.6 Å². The van der Waals surface area contributed by atoms with Crippen LogP contribution in [0.5, 0.6) is 0 Å². The van der Waals surface area contributed by atoms with Gasteiger partial charge in [0.2, 0.25) is 0 Å². The molecular formula is C12H27HgNaO4S. The molecule has 0 aromatic heterocycles. The van der Waals surface area contributed by atoms with E-state index in [0.29, 0.717) is 6.42 Å². The summed E-state index contributed by atoms with van der Waals surface area (Å²) in [5, 5.41) is 0. The SMILES string of the molecule is CCCCCCCCCCCCOS(=O)(=O)O.[Hg].[NaH]. The zero-order chi connectivity index (χ0) is 13.0. The van der Waals surface area contributed by atoms with Gasteiger partial charge in [-0.2, -0.15) is 8.42 Å². The molecule has 0 fully saturated rings. The fourth-order valence-corrected chi connectivity index (χ4v) is 2.08. The number of rotatable bonds is 12. The van der Waals surface area contributed by atoms with E-state index in [2.05, 4.69) is 11.1 Å². The van der Waals surface area contributed by atoms with Crippen LogP contribution in [0, 0.1) is 0 Å². The van der Waals surface area contributed by atoms with Gasteiger partial charge in [-0.1, -0.05) is 64.7 Å². The molecule has 0 rings (SSSR count). The predicted octanol–water partition coefficient (Wildman–Crippen LogP) is 3.08. The summed E-state index contributed by atoms with van der Waals surface area (Å²) in [7, 11) is -4.23. The molecule has 0 atom stereocenters. The first-order valence-electron chi connectivity index (χ1n) is 6.68. The van der Waals surface area contributed by atoms with Gasteiger partial charge < -0.3 is 0 Å². The molecule has 0 aliphatic carbocycles. The number of hydrogen-bond acceptors (Lipinski definition) is 3. The molecule has 0 aliphatic rings. The Morgan fingerprint density at radius 2 is 1.21 bits per heavy atom. The van der Waals surface area contributed by atoms with E-state index >= 15 is 0 Å². The van der Waals surface area contributed by atoms with E-state index in [-0.39, 0.29) is 63.8 Å². The van der Waals surface area contributed by atoms with Crippen LogP contribution in [0.3, 0.4) is 0 Å². The van der Waals surface area contributed by atoms with Crippen molar-refractivity contribution in [3.05, 3.63) is 0 Å². The Morgan fingerprint density at radius 3 is 1.58 bits per heavy atom. The van der Waals surface area contributed by atoms with E-state index in [1.807, 2.05) is 0 Å². The summed E-state index contributed by atoms with van der Waals surface area (Å²) in [5.41, 5.74) is 0. The first-order chi connectivity index (χ1) is 8.06. The van der Waals surface area contributed by atoms with Crippen molar-refractivity contribution >= 4 is 40.0 Å².